The van der Waals surface area contributed by atoms with Crippen molar-refractivity contribution in [3.63, 3.8) is 0 Å². The number of unbranched alkanes of at least 4 members (excludes halogenated alkanes) is 3. The molecular formula is C22H28O4. The van der Waals surface area contributed by atoms with Gasteiger partial charge in [-0.2, -0.15) is 0 Å². The van der Waals surface area contributed by atoms with Crippen molar-refractivity contribution in [1.29, 1.82) is 0 Å². The SMILES string of the molecule is COC(=O)C(CCCCCCc1ccc(O)cc1)Cc1ccc(O)cc1. The first kappa shape index (κ1) is 19.8. The largest absolute Gasteiger partial charge is 0.508 e. The van der Waals surface area contributed by atoms with Crippen molar-refractivity contribution < 1.29 is 19.7 Å². The molecule has 4 nitrogen and oxygen atoms in total. The molecule has 140 valence electrons. The Labute approximate surface area is 155 Å². The Hall–Kier alpha value is -2.49. The Morgan fingerprint density at radius 1 is 0.846 bits per heavy atom. The van der Waals surface area contributed by atoms with Gasteiger partial charge < -0.3 is 14.9 Å². The second-order valence-corrected chi connectivity index (χ2v) is 6.71. The molecule has 4 heteroatoms. The molecule has 0 saturated carbocycles. The van der Waals surface area contributed by atoms with Gasteiger partial charge in [0.1, 0.15) is 11.5 Å². The predicted octanol–water partition coefficient (Wildman–Crippen LogP) is 4.62. The van der Waals surface area contributed by atoms with Crippen molar-refractivity contribution in [2.45, 2.75) is 44.9 Å². The summed E-state index contributed by atoms with van der Waals surface area (Å²) in [6, 6.07) is 14.4. The van der Waals surface area contributed by atoms with Crippen LogP contribution < -0.4 is 0 Å². The Morgan fingerprint density at radius 3 is 1.96 bits per heavy atom. The summed E-state index contributed by atoms with van der Waals surface area (Å²) in [6.07, 6.45) is 6.76. The fraction of sp³-hybridized carbons (Fsp3) is 0.409. The molecule has 0 bridgehead atoms. The minimum atomic E-state index is -0.165. The van der Waals surface area contributed by atoms with Crippen molar-refractivity contribution in [3.8, 4) is 11.5 Å². The maximum Gasteiger partial charge on any atom is 0.308 e. The van der Waals surface area contributed by atoms with Gasteiger partial charge >= 0.3 is 5.97 Å². The summed E-state index contributed by atoms with van der Waals surface area (Å²) in [5, 5.41) is 18.6. The van der Waals surface area contributed by atoms with E-state index >= 15 is 0 Å². The number of rotatable bonds is 10. The quantitative estimate of drug-likeness (QED) is 0.481. The van der Waals surface area contributed by atoms with Gasteiger partial charge in [0.05, 0.1) is 13.0 Å². The van der Waals surface area contributed by atoms with E-state index in [-0.39, 0.29) is 17.6 Å². The van der Waals surface area contributed by atoms with Crippen LogP contribution in [0.15, 0.2) is 48.5 Å². The van der Waals surface area contributed by atoms with E-state index in [0.717, 1.165) is 44.1 Å². The number of carbonyl (C=O) groups excluding carboxylic acids is 1. The molecule has 0 radical (unpaired) electrons. The Bertz CT molecular complexity index is 662. The number of hydrogen-bond acceptors (Lipinski definition) is 4. The van der Waals surface area contributed by atoms with E-state index in [1.165, 1.54) is 12.7 Å². The van der Waals surface area contributed by atoms with Crippen LogP contribution in [0.3, 0.4) is 0 Å². The monoisotopic (exact) mass is 356 g/mol. The minimum absolute atomic E-state index is 0.137. The number of phenolic OH excluding ortho intramolecular Hbond substituents is 2. The number of aromatic hydroxyl groups is 2. The predicted molar refractivity (Wildman–Crippen MR) is 102 cm³/mol. The van der Waals surface area contributed by atoms with Crippen LogP contribution in [0, 0.1) is 5.92 Å². The fourth-order valence-electron chi connectivity index (χ4n) is 3.12. The summed E-state index contributed by atoms with van der Waals surface area (Å²) in [4.78, 5) is 12.0. The summed E-state index contributed by atoms with van der Waals surface area (Å²) in [7, 11) is 1.43. The molecule has 0 aromatic heterocycles. The van der Waals surface area contributed by atoms with Gasteiger partial charge in [-0.1, -0.05) is 43.5 Å². The standard InChI is InChI=1S/C22H28O4/c1-26-22(25)19(16-18-10-14-21(24)15-11-18)7-5-3-2-4-6-17-8-12-20(23)13-9-17/h8-15,19,23-24H,2-7,16H2,1H3. The van der Waals surface area contributed by atoms with Gasteiger partial charge in [0, 0.05) is 0 Å². The molecule has 0 aliphatic carbocycles. The highest BCUT2D eigenvalue weighted by Gasteiger charge is 2.19. The summed E-state index contributed by atoms with van der Waals surface area (Å²) >= 11 is 0. The van der Waals surface area contributed by atoms with Gasteiger partial charge in [0.2, 0.25) is 0 Å². The molecule has 1 unspecified atom stereocenters. The first-order valence-electron chi connectivity index (χ1n) is 9.22. The van der Waals surface area contributed by atoms with Crippen molar-refractivity contribution in [3.05, 3.63) is 59.7 Å². The highest BCUT2D eigenvalue weighted by Crippen LogP contribution is 2.20. The van der Waals surface area contributed by atoms with E-state index < -0.39 is 0 Å². The molecule has 0 amide bonds. The molecule has 0 heterocycles. The summed E-state index contributed by atoms with van der Waals surface area (Å²) in [5.41, 5.74) is 2.27. The second kappa shape index (κ2) is 10.5. The lowest BCUT2D eigenvalue weighted by molar-refractivity contribution is -0.145. The highest BCUT2D eigenvalue weighted by atomic mass is 16.5. The number of phenols is 2. The summed E-state index contributed by atoms with van der Waals surface area (Å²) < 4.78 is 4.95. The molecule has 0 spiro atoms. The number of methoxy groups -OCH3 is 1. The third-order valence-electron chi connectivity index (χ3n) is 4.66. The van der Waals surface area contributed by atoms with Crippen molar-refractivity contribution in [1.82, 2.24) is 0 Å². The number of ether oxygens (including phenoxy) is 1. The third kappa shape index (κ3) is 6.79. The van der Waals surface area contributed by atoms with Crippen LogP contribution in [-0.4, -0.2) is 23.3 Å². The topological polar surface area (TPSA) is 66.8 Å². The molecule has 2 aromatic carbocycles. The number of esters is 1. The van der Waals surface area contributed by atoms with Crippen molar-refractivity contribution >= 4 is 5.97 Å². The Morgan fingerprint density at radius 2 is 1.38 bits per heavy atom. The normalized spacial score (nSPS) is 11.9. The van der Waals surface area contributed by atoms with Crippen LogP contribution in [0.2, 0.25) is 0 Å². The number of carbonyl (C=O) groups is 1. The zero-order valence-electron chi connectivity index (χ0n) is 15.4. The van der Waals surface area contributed by atoms with Gasteiger partial charge in [-0.05, 0) is 61.1 Å². The summed E-state index contributed by atoms with van der Waals surface area (Å²) in [5.74, 6) is 0.233. The third-order valence-corrected chi connectivity index (χ3v) is 4.66. The zero-order valence-corrected chi connectivity index (χ0v) is 15.4. The van der Waals surface area contributed by atoms with Crippen molar-refractivity contribution in [2.75, 3.05) is 7.11 Å². The highest BCUT2D eigenvalue weighted by molar-refractivity contribution is 5.72. The smallest absolute Gasteiger partial charge is 0.308 e. The van der Waals surface area contributed by atoms with Crippen LogP contribution in [0.1, 0.15) is 43.2 Å². The molecule has 0 fully saturated rings. The van der Waals surface area contributed by atoms with Gasteiger partial charge in [0.15, 0.2) is 0 Å². The maximum atomic E-state index is 12.0. The molecule has 2 aromatic rings. The average molecular weight is 356 g/mol. The number of aryl methyl sites for hydroxylation is 1. The molecular weight excluding hydrogens is 328 g/mol. The first-order chi connectivity index (χ1) is 12.6. The van der Waals surface area contributed by atoms with E-state index in [2.05, 4.69) is 0 Å². The van der Waals surface area contributed by atoms with E-state index in [9.17, 15) is 15.0 Å². The molecule has 0 saturated heterocycles. The van der Waals surface area contributed by atoms with E-state index in [4.69, 9.17) is 4.74 Å². The lowest BCUT2D eigenvalue weighted by Crippen LogP contribution is -2.18. The number of benzene rings is 2. The van der Waals surface area contributed by atoms with Crippen LogP contribution >= 0.6 is 0 Å². The van der Waals surface area contributed by atoms with Gasteiger partial charge in [0.25, 0.3) is 0 Å². The first-order valence-corrected chi connectivity index (χ1v) is 9.22. The number of hydrogen-bond donors (Lipinski definition) is 2. The Balaban J connectivity index is 1.70. The molecule has 0 aliphatic heterocycles. The zero-order chi connectivity index (χ0) is 18.8. The van der Waals surface area contributed by atoms with E-state index in [0.29, 0.717) is 12.2 Å². The lowest BCUT2D eigenvalue weighted by Gasteiger charge is -2.14. The van der Waals surface area contributed by atoms with Crippen LogP contribution in [0.4, 0.5) is 0 Å². The van der Waals surface area contributed by atoms with E-state index in [1.807, 2.05) is 24.3 Å². The van der Waals surface area contributed by atoms with Crippen LogP contribution in [0.5, 0.6) is 11.5 Å². The molecule has 26 heavy (non-hydrogen) atoms. The minimum Gasteiger partial charge on any atom is -0.508 e. The summed E-state index contributed by atoms with van der Waals surface area (Å²) in [6.45, 7) is 0. The van der Waals surface area contributed by atoms with Gasteiger partial charge in [-0.15, -0.1) is 0 Å². The average Bonchev–Trinajstić information content (AvgIpc) is 2.66. The van der Waals surface area contributed by atoms with Crippen LogP contribution in [0.25, 0.3) is 0 Å². The maximum absolute atomic E-state index is 12.0. The second-order valence-electron chi connectivity index (χ2n) is 6.71. The molecule has 1 atom stereocenters. The van der Waals surface area contributed by atoms with Gasteiger partial charge in [-0.25, -0.2) is 0 Å². The molecule has 2 N–H and O–H groups in total. The van der Waals surface area contributed by atoms with E-state index in [1.54, 1.807) is 24.3 Å². The molecule has 0 aliphatic rings. The van der Waals surface area contributed by atoms with Gasteiger partial charge in [-0.3, -0.25) is 4.79 Å². The van der Waals surface area contributed by atoms with Crippen molar-refractivity contribution in [2.24, 2.45) is 5.92 Å². The lowest BCUT2D eigenvalue weighted by atomic mass is 9.93. The fourth-order valence-corrected chi connectivity index (χ4v) is 3.12. The van der Waals surface area contributed by atoms with Crippen LogP contribution in [-0.2, 0) is 22.4 Å². The Kier molecular flexibility index (Phi) is 8.00. The molecule has 2 rings (SSSR count).